The Kier molecular flexibility index (Phi) is 5.06. The molecule has 0 aliphatic rings. The molecule has 0 bridgehead atoms. The van der Waals surface area contributed by atoms with Crippen LogP contribution in [0.5, 0.6) is 0 Å². The van der Waals surface area contributed by atoms with Gasteiger partial charge in [-0.25, -0.2) is 0 Å². The van der Waals surface area contributed by atoms with E-state index in [-0.39, 0.29) is 5.38 Å². The molecule has 0 radical (unpaired) electrons. The van der Waals surface area contributed by atoms with Gasteiger partial charge in [-0.1, -0.05) is 60.1 Å². The van der Waals surface area contributed by atoms with Crippen LogP contribution >= 0.6 is 27.5 Å². The highest BCUT2D eigenvalue weighted by Crippen LogP contribution is 2.32. The Labute approximate surface area is 128 Å². The van der Waals surface area contributed by atoms with Crippen LogP contribution in [0.4, 0.5) is 0 Å². The number of aryl methyl sites for hydroxylation is 2. The predicted molar refractivity (Wildman–Crippen MR) is 87.0 cm³/mol. The van der Waals surface area contributed by atoms with Crippen molar-refractivity contribution in [2.45, 2.75) is 32.1 Å². The molecule has 0 saturated carbocycles. The summed E-state index contributed by atoms with van der Waals surface area (Å²) in [5, 5.41) is -0.0745. The average Bonchev–Trinajstić information content (AvgIpc) is 2.46. The van der Waals surface area contributed by atoms with Gasteiger partial charge in [-0.3, -0.25) is 0 Å². The van der Waals surface area contributed by atoms with Gasteiger partial charge in [-0.2, -0.15) is 0 Å². The number of benzene rings is 2. The zero-order chi connectivity index (χ0) is 13.8. The number of rotatable bonds is 4. The van der Waals surface area contributed by atoms with Crippen molar-refractivity contribution >= 4 is 27.5 Å². The summed E-state index contributed by atoms with van der Waals surface area (Å²) in [6, 6.07) is 14.9. The van der Waals surface area contributed by atoms with Crippen LogP contribution in [0.3, 0.4) is 0 Å². The molecule has 2 heteroatoms. The van der Waals surface area contributed by atoms with Gasteiger partial charge in [0.2, 0.25) is 0 Å². The van der Waals surface area contributed by atoms with Gasteiger partial charge in [0.15, 0.2) is 0 Å². The second-order valence-electron chi connectivity index (χ2n) is 4.65. The van der Waals surface area contributed by atoms with Crippen molar-refractivity contribution in [3.63, 3.8) is 0 Å². The first-order valence-corrected chi connectivity index (χ1v) is 7.89. The van der Waals surface area contributed by atoms with Gasteiger partial charge in [0, 0.05) is 4.47 Å². The molecular weight excluding hydrogens is 320 g/mol. The van der Waals surface area contributed by atoms with E-state index >= 15 is 0 Å². The molecule has 0 amide bonds. The summed E-state index contributed by atoms with van der Waals surface area (Å²) in [5.41, 5.74) is 5.06. The molecule has 0 saturated heterocycles. The van der Waals surface area contributed by atoms with Crippen LogP contribution in [0, 0.1) is 0 Å². The third-order valence-electron chi connectivity index (χ3n) is 3.44. The molecule has 0 aromatic heterocycles. The zero-order valence-corrected chi connectivity index (χ0v) is 13.6. The van der Waals surface area contributed by atoms with Crippen LogP contribution in [0.1, 0.15) is 41.5 Å². The lowest BCUT2D eigenvalue weighted by molar-refractivity contribution is 1.02. The van der Waals surface area contributed by atoms with Gasteiger partial charge in [0.25, 0.3) is 0 Å². The summed E-state index contributed by atoms with van der Waals surface area (Å²) in [4.78, 5) is 0. The number of hydrogen-bond acceptors (Lipinski definition) is 0. The molecule has 100 valence electrons. The molecule has 0 N–H and O–H groups in total. The van der Waals surface area contributed by atoms with E-state index in [4.69, 9.17) is 11.6 Å². The maximum Gasteiger partial charge on any atom is 0.0838 e. The summed E-state index contributed by atoms with van der Waals surface area (Å²) in [7, 11) is 0. The molecule has 2 aromatic rings. The van der Waals surface area contributed by atoms with Crippen molar-refractivity contribution < 1.29 is 0 Å². The molecule has 0 spiro atoms. The zero-order valence-electron chi connectivity index (χ0n) is 11.3. The van der Waals surface area contributed by atoms with Crippen LogP contribution in [0.15, 0.2) is 46.9 Å². The molecule has 0 aliphatic carbocycles. The SMILES string of the molecule is CCc1ccc(CC)c(C(Cl)c2ccc(Br)cc2)c1. The van der Waals surface area contributed by atoms with Crippen LogP contribution in [-0.2, 0) is 12.8 Å². The molecule has 0 nitrogen and oxygen atoms in total. The number of halogens is 2. The largest absolute Gasteiger partial charge is 0.113 e. The average molecular weight is 338 g/mol. The minimum atomic E-state index is -0.0745. The summed E-state index contributed by atoms with van der Waals surface area (Å²) < 4.78 is 1.08. The highest BCUT2D eigenvalue weighted by Gasteiger charge is 2.14. The normalized spacial score (nSPS) is 12.4. The van der Waals surface area contributed by atoms with Crippen LogP contribution in [0.25, 0.3) is 0 Å². The van der Waals surface area contributed by atoms with Gasteiger partial charge in [-0.15, -0.1) is 11.6 Å². The lowest BCUT2D eigenvalue weighted by atomic mass is 9.95. The fourth-order valence-electron chi connectivity index (χ4n) is 2.23. The van der Waals surface area contributed by atoms with Gasteiger partial charge in [0.1, 0.15) is 0 Å². The summed E-state index contributed by atoms with van der Waals surface area (Å²) in [6.45, 7) is 4.35. The first kappa shape index (κ1) is 14.6. The second kappa shape index (κ2) is 6.58. The van der Waals surface area contributed by atoms with Crippen molar-refractivity contribution in [2.24, 2.45) is 0 Å². The molecule has 19 heavy (non-hydrogen) atoms. The monoisotopic (exact) mass is 336 g/mol. The van der Waals surface area contributed by atoms with E-state index < -0.39 is 0 Å². The third-order valence-corrected chi connectivity index (χ3v) is 4.45. The van der Waals surface area contributed by atoms with E-state index in [0.717, 1.165) is 22.9 Å². The smallest absolute Gasteiger partial charge is 0.0838 e. The Bertz CT molecular complexity index is 546. The fourth-order valence-corrected chi connectivity index (χ4v) is 2.85. The van der Waals surface area contributed by atoms with Crippen molar-refractivity contribution in [2.75, 3.05) is 0 Å². The minimum absolute atomic E-state index is 0.0745. The summed E-state index contributed by atoms with van der Waals surface area (Å²) in [6.07, 6.45) is 2.06. The number of alkyl halides is 1. The third kappa shape index (κ3) is 3.40. The van der Waals surface area contributed by atoms with Crippen LogP contribution in [0.2, 0.25) is 0 Å². The van der Waals surface area contributed by atoms with Gasteiger partial charge in [0.05, 0.1) is 5.38 Å². The quantitative estimate of drug-likeness (QED) is 0.609. The Hall–Kier alpha value is -0.790. The Morgan fingerprint density at radius 2 is 1.68 bits per heavy atom. The number of hydrogen-bond donors (Lipinski definition) is 0. The van der Waals surface area contributed by atoms with Crippen molar-refractivity contribution in [3.8, 4) is 0 Å². The topological polar surface area (TPSA) is 0 Å². The van der Waals surface area contributed by atoms with E-state index in [9.17, 15) is 0 Å². The van der Waals surface area contributed by atoms with Crippen LogP contribution < -0.4 is 0 Å². The lowest BCUT2D eigenvalue weighted by Crippen LogP contribution is -2.00. The van der Waals surface area contributed by atoms with E-state index in [0.29, 0.717) is 0 Å². The van der Waals surface area contributed by atoms with E-state index in [1.807, 2.05) is 12.1 Å². The van der Waals surface area contributed by atoms with E-state index in [2.05, 4.69) is 60.1 Å². The second-order valence-corrected chi connectivity index (χ2v) is 6.01. The summed E-state index contributed by atoms with van der Waals surface area (Å²) in [5.74, 6) is 0. The summed E-state index contributed by atoms with van der Waals surface area (Å²) >= 11 is 10.1. The fraction of sp³-hybridized carbons (Fsp3) is 0.294. The first-order chi connectivity index (χ1) is 9.15. The van der Waals surface area contributed by atoms with Gasteiger partial charge < -0.3 is 0 Å². The van der Waals surface area contributed by atoms with E-state index in [1.54, 1.807) is 0 Å². The molecule has 1 unspecified atom stereocenters. The molecular formula is C17H18BrCl. The molecule has 0 fully saturated rings. The maximum atomic E-state index is 6.68. The van der Waals surface area contributed by atoms with E-state index in [1.165, 1.54) is 16.7 Å². The first-order valence-electron chi connectivity index (χ1n) is 6.67. The minimum Gasteiger partial charge on any atom is -0.113 e. The maximum absolute atomic E-state index is 6.68. The van der Waals surface area contributed by atoms with Crippen molar-refractivity contribution in [1.29, 1.82) is 0 Å². The molecule has 0 heterocycles. The molecule has 2 aromatic carbocycles. The van der Waals surface area contributed by atoms with Crippen LogP contribution in [-0.4, -0.2) is 0 Å². The van der Waals surface area contributed by atoms with Gasteiger partial charge in [-0.05, 0) is 47.2 Å². The standard InChI is InChI=1S/C17H18BrCl/c1-3-12-5-6-13(4-2)16(11-12)17(19)14-7-9-15(18)10-8-14/h5-11,17H,3-4H2,1-2H3. The van der Waals surface area contributed by atoms with Gasteiger partial charge >= 0.3 is 0 Å². The predicted octanol–water partition coefficient (Wildman–Crippen LogP) is 5.90. The van der Waals surface area contributed by atoms with Crippen molar-refractivity contribution in [1.82, 2.24) is 0 Å². The Balaban J connectivity index is 2.41. The highest BCUT2D eigenvalue weighted by molar-refractivity contribution is 9.10. The molecule has 2 rings (SSSR count). The molecule has 0 aliphatic heterocycles. The molecule has 1 atom stereocenters. The highest BCUT2D eigenvalue weighted by atomic mass is 79.9. The van der Waals surface area contributed by atoms with Crippen molar-refractivity contribution in [3.05, 3.63) is 69.2 Å². The Morgan fingerprint density at radius 3 is 2.26 bits per heavy atom. The lowest BCUT2D eigenvalue weighted by Gasteiger charge is -2.16. The Morgan fingerprint density at radius 1 is 1.00 bits per heavy atom.